The SMILES string of the molecule is CCCCCCCCCC/C=C\CCCCCCCCCCCC(=O)OCC(COC(=O)CCCCCCCCCCCCC)OC(=O)CCCCCCCCCCCCCCCCCCC. The van der Waals surface area contributed by atoms with Crippen molar-refractivity contribution in [2.75, 3.05) is 13.2 Å². The Morgan fingerprint density at radius 3 is 0.746 bits per heavy atom. The summed E-state index contributed by atoms with van der Waals surface area (Å²) in [6.07, 6.45) is 65.0. The molecule has 396 valence electrons. The van der Waals surface area contributed by atoms with Crippen molar-refractivity contribution < 1.29 is 28.6 Å². The molecule has 0 rings (SSSR count). The Balaban J connectivity index is 4.24. The number of unbranched alkanes of at least 4 members (excludes halogenated alkanes) is 43. The summed E-state index contributed by atoms with van der Waals surface area (Å²) in [6.45, 7) is 6.69. The number of carbonyl (C=O) groups is 3. The first-order chi connectivity index (χ1) is 33.0. The van der Waals surface area contributed by atoms with Crippen molar-refractivity contribution in [3.05, 3.63) is 12.2 Å². The minimum atomic E-state index is -0.765. The normalized spacial score (nSPS) is 12.0. The van der Waals surface area contributed by atoms with E-state index in [2.05, 4.69) is 32.9 Å². The molecular weight excluding hydrogens is 829 g/mol. The lowest BCUT2D eigenvalue weighted by molar-refractivity contribution is -0.167. The Morgan fingerprint density at radius 1 is 0.284 bits per heavy atom. The van der Waals surface area contributed by atoms with Crippen molar-refractivity contribution >= 4 is 17.9 Å². The summed E-state index contributed by atoms with van der Waals surface area (Å²) in [4.78, 5) is 38.1. The van der Waals surface area contributed by atoms with Gasteiger partial charge in [-0.25, -0.2) is 0 Å². The van der Waals surface area contributed by atoms with Crippen molar-refractivity contribution in [1.82, 2.24) is 0 Å². The molecule has 0 N–H and O–H groups in total. The zero-order valence-electron chi connectivity index (χ0n) is 45.5. The largest absolute Gasteiger partial charge is 0.462 e. The molecule has 0 spiro atoms. The molecule has 1 unspecified atom stereocenters. The van der Waals surface area contributed by atoms with Crippen molar-refractivity contribution in [2.45, 2.75) is 348 Å². The molecule has 0 fully saturated rings. The van der Waals surface area contributed by atoms with E-state index in [0.717, 1.165) is 57.8 Å². The van der Waals surface area contributed by atoms with Crippen molar-refractivity contribution in [1.29, 1.82) is 0 Å². The number of ether oxygens (including phenoxy) is 3. The van der Waals surface area contributed by atoms with E-state index in [9.17, 15) is 14.4 Å². The molecule has 0 radical (unpaired) electrons. The van der Waals surface area contributed by atoms with Gasteiger partial charge in [0.05, 0.1) is 0 Å². The van der Waals surface area contributed by atoms with Crippen LogP contribution in [0.5, 0.6) is 0 Å². The lowest BCUT2D eigenvalue weighted by Crippen LogP contribution is -2.30. The van der Waals surface area contributed by atoms with Crippen LogP contribution in [0, 0.1) is 0 Å². The van der Waals surface area contributed by atoms with Crippen molar-refractivity contribution in [3.8, 4) is 0 Å². The highest BCUT2D eigenvalue weighted by atomic mass is 16.6. The number of hydrogen-bond donors (Lipinski definition) is 0. The van der Waals surface area contributed by atoms with Crippen LogP contribution in [0.1, 0.15) is 342 Å². The fourth-order valence-electron chi connectivity index (χ4n) is 9.21. The van der Waals surface area contributed by atoms with Crippen LogP contribution in [0.4, 0.5) is 0 Å². The first kappa shape index (κ1) is 65.1. The molecule has 0 amide bonds. The maximum Gasteiger partial charge on any atom is 0.306 e. The van der Waals surface area contributed by atoms with Crippen molar-refractivity contribution in [3.63, 3.8) is 0 Å². The highest BCUT2D eigenvalue weighted by Gasteiger charge is 2.19. The zero-order valence-corrected chi connectivity index (χ0v) is 45.5. The van der Waals surface area contributed by atoms with Crippen LogP contribution in [-0.4, -0.2) is 37.2 Å². The molecule has 0 aliphatic rings. The van der Waals surface area contributed by atoms with Gasteiger partial charge in [0.2, 0.25) is 0 Å². The second-order valence-electron chi connectivity index (χ2n) is 20.6. The van der Waals surface area contributed by atoms with Gasteiger partial charge in [0.25, 0.3) is 0 Å². The predicted molar refractivity (Wildman–Crippen MR) is 289 cm³/mol. The molecule has 0 saturated carbocycles. The Morgan fingerprint density at radius 2 is 0.493 bits per heavy atom. The summed E-state index contributed by atoms with van der Waals surface area (Å²) in [5.74, 6) is -0.842. The Kier molecular flexibility index (Phi) is 55.2. The highest BCUT2D eigenvalue weighted by Crippen LogP contribution is 2.17. The number of rotatable bonds is 56. The number of allylic oxidation sites excluding steroid dienone is 2. The molecule has 0 saturated heterocycles. The summed E-state index contributed by atoms with van der Waals surface area (Å²) in [5.41, 5.74) is 0. The van der Waals surface area contributed by atoms with Gasteiger partial charge in [0.1, 0.15) is 13.2 Å². The van der Waals surface area contributed by atoms with Gasteiger partial charge < -0.3 is 14.2 Å². The van der Waals surface area contributed by atoms with E-state index in [1.165, 1.54) is 244 Å². The maximum absolute atomic E-state index is 12.9. The molecule has 6 heteroatoms. The number of esters is 3. The van der Waals surface area contributed by atoms with E-state index in [1.54, 1.807) is 0 Å². The topological polar surface area (TPSA) is 78.9 Å². The van der Waals surface area contributed by atoms with Gasteiger partial charge in [-0.2, -0.15) is 0 Å². The van der Waals surface area contributed by atoms with Gasteiger partial charge in [-0.15, -0.1) is 0 Å². The van der Waals surface area contributed by atoms with Crippen LogP contribution in [0.3, 0.4) is 0 Å². The average molecular weight is 946 g/mol. The molecule has 0 heterocycles. The van der Waals surface area contributed by atoms with Crippen LogP contribution >= 0.6 is 0 Å². The molecule has 0 aromatic rings. The fraction of sp³-hybridized carbons (Fsp3) is 0.918. The van der Waals surface area contributed by atoms with Crippen molar-refractivity contribution in [2.24, 2.45) is 0 Å². The van der Waals surface area contributed by atoms with E-state index >= 15 is 0 Å². The smallest absolute Gasteiger partial charge is 0.306 e. The van der Waals surface area contributed by atoms with Crippen LogP contribution in [0.25, 0.3) is 0 Å². The van der Waals surface area contributed by atoms with Crippen LogP contribution in [-0.2, 0) is 28.6 Å². The van der Waals surface area contributed by atoms with E-state index in [-0.39, 0.29) is 31.1 Å². The molecule has 0 aromatic carbocycles. The van der Waals surface area contributed by atoms with E-state index in [4.69, 9.17) is 14.2 Å². The van der Waals surface area contributed by atoms with Crippen LogP contribution in [0.2, 0.25) is 0 Å². The molecule has 1 atom stereocenters. The first-order valence-corrected chi connectivity index (χ1v) is 30.2. The zero-order chi connectivity index (χ0) is 48.6. The summed E-state index contributed by atoms with van der Waals surface area (Å²) in [5, 5.41) is 0. The average Bonchev–Trinajstić information content (AvgIpc) is 3.33. The Labute approximate surface area is 418 Å². The summed E-state index contributed by atoms with van der Waals surface area (Å²) in [6, 6.07) is 0. The maximum atomic E-state index is 12.9. The second-order valence-corrected chi connectivity index (χ2v) is 20.6. The second kappa shape index (κ2) is 56.7. The third kappa shape index (κ3) is 55.0. The van der Waals surface area contributed by atoms with Gasteiger partial charge >= 0.3 is 17.9 Å². The van der Waals surface area contributed by atoms with Gasteiger partial charge in [0, 0.05) is 19.3 Å². The van der Waals surface area contributed by atoms with Gasteiger partial charge in [0.15, 0.2) is 6.10 Å². The molecule has 0 aliphatic heterocycles. The lowest BCUT2D eigenvalue weighted by Gasteiger charge is -2.18. The predicted octanol–water partition coefficient (Wildman–Crippen LogP) is 20.1. The summed E-state index contributed by atoms with van der Waals surface area (Å²) >= 11 is 0. The molecule has 6 nitrogen and oxygen atoms in total. The lowest BCUT2D eigenvalue weighted by atomic mass is 10.0. The fourth-order valence-corrected chi connectivity index (χ4v) is 9.21. The van der Waals surface area contributed by atoms with E-state index in [0.29, 0.717) is 19.3 Å². The molecule has 0 aliphatic carbocycles. The van der Waals surface area contributed by atoms with E-state index < -0.39 is 6.10 Å². The third-order valence-corrected chi connectivity index (χ3v) is 13.8. The van der Waals surface area contributed by atoms with Gasteiger partial charge in [-0.05, 0) is 44.9 Å². The third-order valence-electron chi connectivity index (χ3n) is 13.8. The first-order valence-electron chi connectivity index (χ1n) is 30.2. The highest BCUT2D eigenvalue weighted by molar-refractivity contribution is 5.71. The van der Waals surface area contributed by atoms with Gasteiger partial charge in [-0.1, -0.05) is 290 Å². The van der Waals surface area contributed by atoms with Gasteiger partial charge in [-0.3, -0.25) is 14.4 Å². The number of hydrogen-bond acceptors (Lipinski definition) is 6. The summed E-state index contributed by atoms with van der Waals surface area (Å²) < 4.78 is 16.9. The number of carbonyl (C=O) groups excluding carboxylic acids is 3. The van der Waals surface area contributed by atoms with Crippen LogP contribution in [0.15, 0.2) is 12.2 Å². The molecular formula is C61H116O6. The summed E-state index contributed by atoms with van der Waals surface area (Å²) in [7, 11) is 0. The minimum Gasteiger partial charge on any atom is -0.462 e. The Bertz CT molecular complexity index is 1040. The molecule has 0 aromatic heterocycles. The standard InChI is InChI=1S/C61H116O6/c1-4-7-10-13-16-19-22-24-26-28-29-30-31-33-34-36-39-42-45-48-51-54-60(63)66-57-58(56-65-59(62)53-50-47-44-41-38-21-18-15-12-9-6-3)67-61(64)55-52-49-46-43-40-37-35-32-27-25-23-20-17-14-11-8-5-2/h28-29,58H,4-27,30-57H2,1-3H3/b29-28-. The van der Waals surface area contributed by atoms with E-state index in [1.807, 2.05) is 0 Å². The quantitative estimate of drug-likeness (QED) is 0.0262. The Hall–Kier alpha value is -1.85. The van der Waals surface area contributed by atoms with Crippen LogP contribution < -0.4 is 0 Å². The minimum absolute atomic E-state index is 0.0645. The molecule has 0 bridgehead atoms. The molecule has 67 heavy (non-hydrogen) atoms. The monoisotopic (exact) mass is 945 g/mol.